The molecule has 0 spiro atoms. The topological polar surface area (TPSA) is 89.9 Å². The molecule has 0 unspecified atom stereocenters. The van der Waals surface area contributed by atoms with Crippen LogP contribution in [0.5, 0.6) is 5.75 Å². The van der Waals surface area contributed by atoms with Crippen molar-refractivity contribution in [3.63, 3.8) is 0 Å². The van der Waals surface area contributed by atoms with E-state index in [0.717, 1.165) is 10.5 Å². The van der Waals surface area contributed by atoms with E-state index >= 15 is 0 Å². The lowest BCUT2D eigenvalue weighted by Gasteiger charge is -2.04. The Bertz CT molecular complexity index is 550. The Hall–Kier alpha value is -2.15. The first-order chi connectivity index (χ1) is 10.5. The van der Waals surface area contributed by atoms with Crippen molar-refractivity contribution in [3.8, 4) is 5.75 Å². The van der Waals surface area contributed by atoms with Crippen LogP contribution in [-0.2, 0) is 19.1 Å². The largest absolute Gasteiger partial charge is 0.478 e. The molecule has 1 aromatic carbocycles. The minimum Gasteiger partial charge on any atom is -0.478 e. The average Bonchev–Trinajstić information content (AvgIpc) is 2.47. The van der Waals surface area contributed by atoms with Crippen LogP contribution in [0.15, 0.2) is 40.9 Å². The number of hydrogen-bond donors (Lipinski definition) is 1. The van der Waals surface area contributed by atoms with Gasteiger partial charge in [-0.05, 0) is 37.1 Å². The Kier molecular flexibility index (Phi) is 7.91. The van der Waals surface area contributed by atoms with Gasteiger partial charge in [-0.25, -0.2) is 9.59 Å². The van der Waals surface area contributed by atoms with Gasteiger partial charge in [0.1, 0.15) is 5.75 Å². The third-order valence-corrected chi connectivity index (χ3v) is 2.96. The van der Waals surface area contributed by atoms with Gasteiger partial charge < -0.3 is 14.6 Å². The summed E-state index contributed by atoms with van der Waals surface area (Å²) in [5.74, 6) is -1.83. The first-order valence-electron chi connectivity index (χ1n) is 6.51. The number of benzene rings is 1. The van der Waals surface area contributed by atoms with Crippen LogP contribution in [0.4, 0.5) is 0 Å². The van der Waals surface area contributed by atoms with E-state index in [-0.39, 0.29) is 19.0 Å². The summed E-state index contributed by atoms with van der Waals surface area (Å²) in [4.78, 5) is 32.8. The van der Waals surface area contributed by atoms with Crippen molar-refractivity contribution in [3.05, 3.63) is 40.9 Å². The van der Waals surface area contributed by atoms with Crippen molar-refractivity contribution in [1.82, 2.24) is 0 Å². The van der Waals surface area contributed by atoms with Gasteiger partial charge >= 0.3 is 17.9 Å². The molecule has 1 aromatic rings. The monoisotopic (exact) mass is 370 g/mol. The molecule has 0 aliphatic rings. The average molecular weight is 371 g/mol. The van der Waals surface area contributed by atoms with Gasteiger partial charge in [-0.15, -0.1) is 0 Å². The summed E-state index contributed by atoms with van der Waals surface area (Å²) < 4.78 is 10.8. The third-order valence-electron chi connectivity index (χ3n) is 2.43. The zero-order chi connectivity index (χ0) is 16.4. The number of rotatable bonds is 8. The van der Waals surface area contributed by atoms with E-state index < -0.39 is 11.9 Å². The predicted octanol–water partition coefficient (Wildman–Crippen LogP) is 2.71. The Morgan fingerprint density at radius 2 is 1.77 bits per heavy atom. The Morgan fingerprint density at radius 3 is 2.41 bits per heavy atom. The maximum Gasteiger partial charge on any atom is 0.331 e. The molecular weight excluding hydrogens is 356 g/mol. The number of ether oxygens (including phenoxy) is 2. The lowest BCUT2D eigenvalue weighted by atomic mass is 10.2. The number of hydrogen-bond acceptors (Lipinski definition) is 5. The Balaban J connectivity index is 2.14. The molecule has 0 heterocycles. The highest BCUT2D eigenvalue weighted by atomic mass is 79.9. The number of carbonyl (C=O) groups is 3. The van der Waals surface area contributed by atoms with Crippen LogP contribution in [0.3, 0.4) is 0 Å². The van der Waals surface area contributed by atoms with E-state index in [4.69, 9.17) is 14.6 Å². The lowest BCUT2D eigenvalue weighted by Crippen LogP contribution is -2.09. The molecular formula is C15H15BrO6. The predicted molar refractivity (Wildman–Crippen MR) is 81.4 cm³/mol. The molecule has 6 nitrogen and oxygen atoms in total. The summed E-state index contributed by atoms with van der Waals surface area (Å²) >= 11 is 3.28. The number of carboxylic acids is 1. The third kappa shape index (κ3) is 8.21. The second-order valence-corrected chi connectivity index (χ2v) is 5.14. The fourth-order valence-electron chi connectivity index (χ4n) is 1.42. The van der Waals surface area contributed by atoms with Gasteiger partial charge in [-0.3, -0.25) is 4.79 Å². The normalized spacial score (nSPS) is 10.4. The zero-order valence-corrected chi connectivity index (χ0v) is 13.2. The molecule has 22 heavy (non-hydrogen) atoms. The van der Waals surface area contributed by atoms with Crippen molar-refractivity contribution in [2.24, 2.45) is 0 Å². The van der Waals surface area contributed by atoms with Crippen LogP contribution >= 0.6 is 15.9 Å². The van der Waals surface area contributed by atoms with Gasteiger partial charge in [-0.1, -0.05) is 15.9 Å². The molecule has 0 atom stereocenters. The first-order valence-corrected chi connectivity index (χ1v) is 7.30. The van der Waals surface area contributed by atoms with E-state index in [0.29, 0.717) is 24.7 Å². The molecule has 118 valence electrons. The second kappa shape index (κ2) is 9.73. The fourth-order valence-corrected chi connectivity index (χ4v) is 1.68. The maximum absolute atomic E-state index is 11.6. The quantitative estimate of drug-likeness (QED) is 0.327. The van der Waals surface area contributed by atoms with Crippen molar-refractivity contribution >= 4 is 33.8 Å². The molecule has 1 N–H and O–H groups in total. The number of esters is 2. The second-order valence-electron chi connectivity index (χ2n) is 4.22. The molecule has 0 saturated heterocycles. The number of carbonyl (C=O) groups excluding carboxylic acids is 2. The van der Waals surface area contributed by atoms with Gasteiger partial charge in [-0.2, -0.15) is 0 Å². The number of halogens is 1. The maximum atomic E-state index is 11.6. The molecule has 7 heteroatoms. The SMILES string of the molecule is O=C(O)/C=C/C(=O)OCCCCC(=O)Oc1ccc(Br)cc1. The van der Waals surface area contributed by atoms with E-state index in [1.54, 1.807) is 24.3 Å². The lowest BCUT2D eigenvalue weighted by molar-refractivity contribution is -0.139. The number of aliphatic carboxylic acids is 1. The van der Waals surface area contributed by atoms with Crippen LogP contribution in [0.2, 0.25) is 0 Å². The molecule has 0 bridgehead atoms. The Morgan fingerprint density at radius 1 is 1.09 bits per heavy atom. The molecule has 0 amide bonds. The number of carboxylic acid groups (broad SMARTS) is 1. The summed E-state index contributed by atoms with van der Waals surface area (Å²) in [6, 6.07) is 6.90. The highest BCUT2D eigenvalue weighted by Crippen LogP contribution is 2.16. The number of unbranched alkanes of at least 4 members (excludes halogenated alkanes) is 1. The summed E-state index contributed by atoms with van der Waals surface area (Å²) in [6.45, 7) is 0.119. The summed E-state index contributed by atoms with van der Waals surface area (Å²) in [5.41, 5.74) is 0. The van der Waals surface area contributed by atoms with Gasteiger partial charge in [0.15, 0.2) is 0 Å². The van der Waals surface area contributed by atoms with Gasteiger partial charge in [0.25, 0.3) is 0 Å². The molecule has 0 aliphatic heterocycles. The minimum absolute atomic E-state index is 0.119. The van der Waals surface area contributed by atoms with Crippen LogP contribution in [0.25, 0.3) is 0 Å². The molecule has 0 fully saturated rings. The van der Waals surface area contributed by atoms with Crippen LogP contribution in [0.1, 0.15) is 19.3 Å². The smallest absolute Gasteiger partial charge is 0.331 e. The summed E-state index contributed by atoms with van der Waals surface area (Å²) in [6.07, 6.45) is 2.74. The Labute approximate surface area is 135 Å². The fraction of sp³-hybridized carbons (Fsp3) is 0.267. The van der Waals surface area contributed by atoms with Crippen molar-refractivity contribution in [2.75, 3.05) is 6.61 Å². The molecule has 0 aliphatic carbocycles. The zero-order valence-electron chi connectivity index (χ0n) is 11.7. The van der Waals surface area contributed by atoms with Crippen LogP contribution < -0.4 is 4.74 Å². The minimum atomic E-state index is -1.22. The van der Waals surface area contributed by atoms with Crippen LogP contribution in [0, 0.1) is 0 Å². The standard InChI is InChI=1S/C15H15BrO6/c16-11-4-6-12(7-5-11)22-15(20)3-1-2-10-21-14(19)9-8-13(17)18/h4-9H,1-3,10H2,(H,17,18)/b9-8+. The van der Waals surface area contributed by atoms with E-state index in [9.17, 15) is 14.4 Å². The molecule has 0 saturated carbocycles. The van der Waals surface area contributed by atoms with Crippen molar-refractivity contribution in [1.29, 1.82) is 0 Å². The van der Waals surface area contributed by atoms with Crippen molar-refractivity contribution in [2.45, 2.75) is 19.3 Å². The van der Waals surface area contributed by atoms with Gasteiger partial charge in [0.05, 0.1) is 6.61 Å². The highest BCUT2D eigenvalue weighted by Gasteiger charge is 2.05. The van der Waals surface area contributed by atoms with E-state index in [2.05, 4.69) is 15.9 Å². The molecule has 0 radical (unpaired) electrons. The molecule has 0 aromatic heterocycles. The van der Waals surface area contributed by atoms with E-state index in [1.165, 1.54) is 0 Å². The van der Waals surface area contributed by atoms with Gasteiger partial charge in [0.2, 0.25) is 0 Å². The summed E-state index contributed by atoms with van der Waals surface area (Å²) in [7, 11) is 0. The van der Waals surface area contributed by atoms with Crippen LogP contribution in [-0.4, -0.2) is 29.6 Å². The first kappa shape index (κ1) is 17.9. The van der Waals surface area contributed by atoms with Gasteiger partial charge in [0, 0.05) is 23.0 Å². The molecule has 1 rings (SSSR count). The highest BCUT2D eigenvalue weighted by molar-refractivity contribution is 9.10. The summed E-state index contributed by atoms with van der Waals surface area (Å²) in [5, 5.41) is 8.32. The van der Waals surface area contributed by atoms with Crippen molar-refractivity contribution < 1.29 is 29.0 Å². The van der Waals surface area contributed by atoms with E-state index in [1.807, 2.05) is 0 Å².